The van der Waals surface area contributed by atoms with Crippen LogP contribution in [-0.2, 0) is 11.3 Å². The second kappa shape index (κ2) is 9.50. The zero-order valence-electron chi connectivity index (χ0n) is 13.4. The molecule has 0 radical (unpaired) electrons. The monoisotopic (exact) mass is 322 g/mol. The fraction of sp³-hybridized carbons (Fsp3) is 0.588. The molecule has 128 valence electrons. The van der Waals surface area contributed by atoms with Crippen LogP contribution in [0.25, 0.3) is 0 Å². The van der Waals surface area contributed by atoms with Crippen molar-refractivity contribution in [1.29, 1.82) is 0 Å². The normalized spacial score (nSPS) is 21.8. The van der Waals surface area contributed by atoms with Gasteiger partial charge in [0.2, 0.25) is 0 Å². The number of carbonyl (C=O) groups excluding carboxylic acids is 1. The van der Waals surface area contributed by atoms with E-state index in [4.69, 9.17) is 14.9 Å². The fourth-order valence-electron chi connectivity index (χ4n) is 3.05. The van der Waals surface area contributed by atoms with Gasteiger partial charge >= 0.3 is 6.09 Å². The van der Waals surface area contributed by atoms with Gasteiger partial charge in [0.15, 0.2) is 0 Å². The first-order chi connectivity index (χ1) is 11.2. The third-order valence-corrected chi connectivity index (χ3v) is 4.10. The number of nitrogens with one attached hydrogen (secondary N) is 1. The SMILES string of the molecule is O=C(NC1CC(CCO)CN(CCO)C1)OCc1ccccc1. The second-order valence-electron chi connectivity index (χ2n) is 6.00. The Labute approximate surface area is 137 Å². The number of hydrogen-bond donors (Lipinski definition) is 3. The molecule has 1 aromatic carbocycles. The van der Waals surface area contributed by atoms with Gasteiger partial charge in [0, 0.05) is 32.3 Å². The van der Waals surface area contributed by atoms with E-state index in [2.05, 4.69) is 10.2 Å². The molecule has 2 unspecified atom stereocenters. The molecule has 0 saturated carbocycles. The molecule has 0 aliphatic carbocycles. The average Bonchev–Trinajstić information content (AvgIpc) is 2.54. The molecule has 1 saturated heterocycles. The molecule has 2 atom stereocenters. The molecule has 1 aliphatic heterocycles. The maximum Gasteiger partial charge on any atom is 0.407 e. The number of nitrogens with zero attached hydrogens (tertiary/aromatic N) is 1. The summed E-state index contributed by atoms with van der Waals surface area (Å²) in [6, 6.07) is 9.54. The Morgan fingerprint density at radius 3 is 2.70 bits per heavy atom. The number of β-amino-alcohol motifs (C(OH)–C–C–N with tert-alkyl or cyclic N) is 1. The number of carbonyl (C=O) groups is 1. The van der Waals surface area contributed by atoms with Crippen LogP contribution in [0.15, 0.2) is 30.3 Å². The van der Waals surface area contributed by atoms with Crippen molar-refractivity contribution in [2.24, 2.45) is 5.92 Å². The Balaban J connectivity index is 1.80. The van der Waals surface area contributed by atoms with Crippen LogP contribution in [0.5, 0.6) is 0 Å². The lowest BCUT2D eigenvalue weighted by Gasteiger charge is -2.37. The summed E-state index contributed by atoms with van der Waals surface area (Å²) in [5.41, 5.74) is 0.950. The van der Waals surface area contributed by atoms with Crippen molar-refractivity contribution < 1.29 is 19.7 Å². The van der Waals surface area contributed by atoms with Crippen LogP contribution in [-0.4, -0.2) is 60.1 Å². The van der Waals surface area contributed by atoms with Gasteiger partial charge < -0.3 is 20.3 Å². The van der Waals surface area contributed by atoms with Crippen LogP contribution in [0.2, 0.25) is 0 Å². The van der Waals surface area contributed by atoms with Crippen molar-refractivity contribution in [2.45, 2.75) is 25.5 Å². The van der Waals surface area contributed by atoms with E-state index in [1.165, 1.54) is 0 Å². The topological polar surface area (TPSA) is 82.0 Å². The molecule has 1 aromatic rings. The van der Waals surface area contributed by atoms with Gasteiger partial charge in [-0.2, -0.15) is 0 Å². The van der Waals surface area contributed by atoms with Crippen LogP contribution >= 0.6 is 0 Å². The van der Waals surface area contributed by atoms with Gasteiger partial charge in [-0.15, -0.1) is 0 Å². The quantitative estimate of drug-likeness (QED) is 0.697. The van der Waals surface area contributed by atoms with Crippen LogP contribution in [0, 0.1) is 5.92 Å². The van der Waals surface area contributed by atoms with Crippen LogP contribution < -0.4 is 5.32 Å². The molecule has 1 aliphatic rings. The lowest BCUT2D eigenvalue weighted by Crippen LogP contribution is -2.51. The fourth-order valence-corrected chi connectivity index (χ4v) is 3.05. The lowest BCUT2D eigenvalue weighted by atomic mass is 9.92. The first-order valence-corrected chi connectivity index (χ1v) is 8.12. The molecule has 0 aromatic heterocycles. The van der Waals surface area contributed by atoms with Crippen molar-refractivity contribution in [3.63, 3.8) is 0 Å². The highest BCUT2D eigenvalue weighted by Gasteiger charge is 2.27. The molecule has 6 nitrogen and oxygen atoms in total. The van der Waals surface area contributed by atoms with Gasteiger partial charge in [0.1, 0.15) is 6.61 Å². The van der Waals surface area contributed by atoms with Crippen LogP contribution in [0.3, 0.4) is 0 Å². The molecule has 3 N–H and O–H groups in total. The standard InChI is InChI=1S/C17H26N2O4/c20-8-6-15-10-16(12-19(11-15)7-9-21)18-17(22)23-13-14-4-2-1-3-5-14/h1-5,15-16,20-21H,6-13H2,(H,18,22). The summed E-state index contributed by atoms with van der Waals surface area (Å²) in [6.45, 7) is 2.61. The van der Waals surface area contributed by atoms with Gasteiger partial charge in [-0.1, -0.05) is 30.3 Å². The molecule has 2 rings (SSSR count). The van der Waals surface area contributed by atoms with Crippen molar-refractivity contribution in [3.05, 3.63) is 35.9 Å². The minimum absolute atomic E-state index is 0.0184. The minimum atomic E-state index is -0.424. The average molecular weight is 322 g/mol. The summed E-state index contributed by atoms with van der Waals surface area (Å²) in [5.74, 6) is 0.319. The largest absolute Gasteiger partial charge is 0.445 e. The number of amides is 1. The molecule has 0 bridgehead atoms. The van der Waals surface area contributed by atoms with Gasteiger partial charge in [-0.05, 0) is 24.3 Å². The van der Waals surface area contributed by atoms with E-state index in [0.717, 1.165) is 18.5 Å². The summed E-state index contributed by atoms with van der Waals surface area (Å²) in [5, 5.41) is 21.1. The smallest absolute Gasteiger partial charge is 0.407 e. The number of benzene rings is 1. The highest BCUT2D eigenvalue weighted by Crippen LogP contribution is 2.19. The number of likely N-dealkylation sites (tertiary alicyclic amines) is 1. The number of piperidine rings is 1. The number of aliphatic hydroxyl groups is 2. The number of alkyl carbamates (subject to hydrolysis) is 1. The van der Waals surface area contributed by atoms with Gasteiger partial charge in [0.25, 0.3) is 0 Å². The van der Waals surface area contributed by atoms with Crippen molar-refractivity contribution in [3.8, 4) is 0 Å². The first-order valence-electron chi connectivity index (χ1n) is 8.12. The predicted octanol–water partition coefficient (Wildman–Crippen LogP) is 0.978. The van der Waals surface area contributed by atoms with E-state index < -0.39 is 6.09 Å². The Bertz CT molecular complexity index is 455. The second-order valence-corrected chi connectivity index (χ2v) is 6.00. The van der Waals surface area contributed by atoms with Crippen molar-refractivity contribution >= 4 is 6.09 Å². The summed E-state index contributed by atoms with van der Waals surface area (Å²) in [4.78, 5) is 14.1. The molecule has 23 heavy (non-hydrogen) atoms. The van der Waals surface area contributed by atoms with Crippen molar-refractivity contribution in [2.75, 3.05) is 32.8 Å². The van der Waals surface area contributed by atoms with E-state index in [0.29, 0.717) is 25.4 Å². The Hall–Kier alpha value is -1.63. The lowest BCUT2D eigenvalue weighted by molar-refractivity contribution is 0.0912. The molecular weight excluding hydrogens is 296 g/mol. The summed E-state index contributed by atoms with van der Waals surface area (Å²) < 4.78 is 5.25. The third kappa shape index (κ3) is 6.17. The van der Waals surface area contributed by atoms with E-state index in [9.17, 15) is 4.79 Å². The molecule has 6 heteroatoms. The van der Waals surface area contributed by atoms with Crippen LogP contribution in [0.4, 0.5) is 4.79 Å². The first kappa shape index (κ1) is 17.7. The van der Waals surface area contributed by atoms with E-state index in [-0.39, 0.29) is 25.9 Å². The van der Waals surface area contributed by atoms with Crippen LogP contribution in [0.1, 0.15) is 18.4 Å². The van der Waals surface area contributed by atoms with Gasteiger partial charge in [-0.25, -0.2) is 4.79 Å². The zero-order valence-corrected chi connectivity index (χ0v) is 13.4. The summed E-state index contributed by atoms with van der Waals surface area (Å²) in [7, 11) is 0. The molecule has 0 spiro atoms. The minimum Gasteiger partial charge on any atom is -0.445 e. The number of aliphatic hydroxyl groups excluding tert-OH is 2. The van der Waals surface area contributed by atoms with Crippen molar-refractivity contribution in [1.82, 2.24) is 10.2 Å². The summed E-state index contributed by atoms with van der Waals surface area (Å²) in [6.07, 6.45) is 1.11. The molecular formula is C17H26N2O4. The highest BCUT2D eigenvalue weighted by atomic mass is 16.5. The molecule has 1 fully saturated rings. The predicted molar refractivity (Wildman–Crippen MR) is 86.9 cm³/mol. The zero-order chi connectivity index (χ0) is 16.5. The van der Waals surface area contributed by atoms with Gasteiger partial charge in [-0.3, -0.25) is 4.90 Å². The maximum absolute atomic E-state index is 12.0. The molecule has 1 amide bonds. The number of ether oxygens (including phenoxy) is 1. The molecule has 1 heterocycles. The summed E-state index contributed by atoms with van der Waals surface area (Å²) >= 11 is 0. The highest BCUT2D eigenvalue weighted by molar-refractivity contribution is 5.67. The maximum atomic E-state index is 12.0. The Kier molecular flexibility index (Phi) is 7.32. The number of hydrogen-bond acceptors (Lipinski definition) is 5. The van der Waals surface area contributed by atoms with Gasteiger partial charge in [0.05, 0.1) is 6.61 Å². The Morgan fingerprint density at radius 1 is 1.22 bits per heavy atom. The van der Waals surface area contributed by atoms with E-state index in [1.54, 1.807) is 0 Å². The van der Waals surface area contributed by atoms with E-state index >= 15 is 0 Å². The number of rotatable bonds is 7. The van der Waals surface area contributed by atoms with E-state index in [1.807, 2.05) is 30.3 Å². The third-order valence-electron chi connectivity index (χ3n) is 4.10. The Morgan fingerprint density at radius 2 is 2.00 bits per heavy atom.